The van der Waals surface area contributed by atoms with Crippen LogP contribution in [0.1, 0.15) is 12.8 Å². The number of nitrogens with zero attached hydrogens (tertiary/aromatic N) is 2. The highest BCUT2D eigenvalue weighted by atomic mass is 15.1. The largest absolute Gasteiger partial charge is 0.313 e. The van der Waals surface area contributed by atoms with Crippen molar-refractivity contribution in [1.82, 2.24) is 15.1 Å². The molecule has 1 saturated heterocycles. The van der Waals surface area contributed by atoms with Gasteiger partial charge in [-0.25, -0.2) is 0 Å². The Morgan fingerprint density at radius 3 is 2.46 bits per heavy atom. The third-order valence-electron chi connectivity index (χ3n) is 2.78. The Balaban J connectivity index is 2.33. The molecule has 2 atom stereocenters. The van der Waals surface area contributed by atoms with E-state index in [1.54, 1.807) is 0 Å². The van der Waals surface area contributed by atoms with Gasteiger partial charge in [0, 0.05) is 18.6 Å². The van der Waals surface area contributed by atoms with Gasteiger partial charge in [-0.2, -0.15) is 0 Å². The number of hydrogen-bond acceptors (Lipinski definition) is 3. The molecule has 0 aliphatic carbocycles. The fourth-order valence-electron chi connectivity index (χ4n) is 2.03. The lowest BCUT2D eigenvalue weighted by atomic mass is 9.98. The number of piperidine rings is 1. The second-order valence-electron chi connectivity index (χ2n) is 4.56. The summed E-state index contributed by atoms with van der Waals surface area (Å²) in [6.07, 6.45) is 2.57. The van der Waals surface area contributed by atoms with Crippen LogP contribution >= 0.6 is 0 Å². The fraction of sp³-hybridized carbons (Fsp3) is 1.00. The molecular formula is C10H23N3. The van der Waals surface area contributed by atoms with Crippen molar-refractivity contribution in [2.24, 2.45) is 0 Å². The summed E-state index contributed by atoms with van der Waals surface area (Å²) in [7, 11) is 8.65. The van der Waals surface area contributed by atoms with Crippen molar-refractivity contribution in [2.75, 3.05) is 41.3 Å². The smallest absolute Gasteiger partial charge is 0.0209 e. The lowest BCUT2D eigenvalue weighted by molar-refractivity contribution is 0.187. The Kier molecular flexibility index (Phi) is 4.16. The molecule has 0 bridgehead atoms. The summed E-state index contributed by atoms with van der Waals surface area (Å²) < 4.78 is 0. The van der Waals surface area contributed by atoms with Crippen LogP contribution in [0.5, 0.6) is 0 Å². The molecule has 1 rings (SSSR count). The van der Waals surface area contributed by atoms with Crippen LogP contribution in [-0.4, -0.2) is 63.2 Å². The summed E-state index contributed by atoms with van der Waals surface area (Å²) in [6, 6.07) is 1.45. The highest BCUT2D eigenvalue weighted by molar-refractivity contribution is 4.83. The van der Waals surface area contributed by atoms with Crippen LogP contribution in [0.4, 0.5) is 0 Å². The molecule has 78 valence electrons. The zero-order valence-corrected chi connectivity index (χ0v) is 9.38. The molecule has 0 spiro atoms. The maximum absolute atomic E-state index is 3.57. The first-order chi connectivity index (χ1) is 6.09. The number of hydrogen-bond donors (Lipinski definition) is 1. The number of nitrogens with one attached hydrogen (secondary N) is 1. The molecule has 1 fully saturated rings. The van der Waals surface area contributed by atoms with Crippen molar-refractivity contribution in [3.8, 4) is 0 Å². The standard InChI is InChI=1S/C10H23N3/c1-12(2)8-9-7-10(13(3)4)5-6-11-9/h9-11H,5-8H2,1-4H3. The van der Waals surface area contributed by atoms with Crippen molar-refractivity contribution in [1.29, 1.82) is 0 Å². The normalized spacial score (nSPS) is 30.0. The highest BCUT2D eigenvalue weighted by Gasteiger charge is 2.22. The van der Waals surface area contributed by atoms with Crippen LogP contribution in [0.3, 0.4) is 0 Å². The first-order valence-corrected chi connectivity index (χ1v) is 5.14. The fourth-order valence-corrected chi connectivity index (χ4v) is 2.03. The molecular weight excluding hydrogens is 162 g/mol. The lowest BCUT2D eigenvalue weighted by Crippen LogP contribution is -2.49. The second kappa shape index (κ2) is 4.94. The third kappa shape index (κ3) is 3.63. The van der Waals surface area contributed by atoms with E-state index in [2.05, 4.69) is 43.3 Å². The molecule has 0 saturated carbocycles. The summed E-state index contributed by atoms with van der Waals surface area (Å²) >= 11 is 0. The van der Waals surface area contributed by atoms with Gasteiger partial charge in [-0.05, 0) is 47.6 Å². The molecule has 3 heteroatoms. The minimum atomic E-state index is 0.677. The van der Waals surface area contributed by atoms with E-state index < -0.39 is 0 Å². The predicted molar refractivity (Wildman–Crippen MR) is 57.1 cm³/mol. The van der Waals surface area contributed by atoms with Gasteiger partial charge in [0.05, 0.1) is 0 Å². The van der Waals surface area contributed by atoms with Gasteiger partial charge in [-0.1, -0.05) is 0 Å². The van der Waals surface area contributed by atoms with Crippen LogP contribution in [0, 0.1) is 0 Å². The molecule has 3 nitrogen and oxygen atoms in total. The Morgan fingerprint density at radius 1 is 1.23 bits per heavy atom. The Labute approximate surface area is 82.1 Å². The van der Waals surface area contributed by atoms with E-state index in [-0.39, 0.29) is 0 Å². The lowest BCUT2D eigenvalue weighted by Gasteiger charge is -2.35. The van der Waals surface area contributed by atoms with Crippen molar-refractivity contribution < 1.29 is 0 Å². The summed E-state index contributed by atoms with van der Waals surface area (Å²) in [4.78, 5) is 4.61. The van der Waals surface area contributed by atoms with Crippen LogP contribution < -0.4 is 5.32 Å². The Bertz CT molecular complexity index is 145. The van der Waals surface area contributed by atoms with E-state index >= 15 is 0 Å². The molecule has 0 aromatic rings. The monoisotopic (exact) mass is 185 g/mol. The van der Waals surface area contributed by atoms with E-state index in [0.717, 1.165) is 12.6 Å². The van der Waals surface area contributed by atoms with E-state index in [0.29, 0.717) is 6.04 Å². The highest BCUT2D eigenvalue weighted by Crippen LogP contribution is 2.13. The van der Waals surface area contributed by atoms with Gasteiger partial charge >= 0.3 is 0 Å². The Morgan fingerprint density at radius 2 is 1.92 bits per heavy atom. The molecule has 2 unspecified atom stereocenters. The molecule has 1 aliphatic rings. The summed E-state index contributed by atoms with van der Waals surface area (Å²) in [5, 5.41) is 3.57. The molecule has 1 N–H and O–H groups in total. The molecule has 0 aromatic heterocycles. The molecule has 1 aliphatic heterocycles. The van der Waals surface area contributed by atoms with Gasteiger partial charge in [0.2, 0.25) is 0 Å². The SMILES string of the molecule is CN(C)CC1CC(N(C)C)CCN1. The summed E-state index contributed by atoms with van der Waals surface area (Å²) in [5.74, 6) is 0. The van der Waals surface area contributed by atoms with Crippen molar-refractivity contribution in [3.05, 3.63) is 0 Å². The van der Waals surface area contributed by atoms with Gasteiger partial charge in [0.1, 0.15) is 0 Å². The van der Waals surface area contributed by atoms with Crippen molar-refractivity contribution in [3.63, 3.8) is 0 Å². The van der Waals surface area contributed by atoms with Gasteiger partial charge in [0.15, 0.2) is 0 Å². The van der Waals surface area contributed by atoms with Gasteiger partial charge < -0.3 is 15.1 Å². The van der Waals surface area contributed by atoms with Crippen LogP contribution in [0.15, 0.2) is 0 Å². The topological polar surface area (TPSA) is 18.5 Å². The van der Waals surface area contributed by atoms with E-state index in [1.807, 2.05) is 0 Å². The molecule has 0 radical (unpaired) electrons. The number of rotatable bonds is 3. The number of likely N-dealkylation sites (N-methyl/N-ethyl adjacent to an activating group) is 1. The zero-order chi connectivity index (χ0) is 9.84. The summed E-state index contributed by atoms with van der Waals surface area (Å²) in [5.41, 5.74) is 0. The maximum Gasteiger partial charge on any atom is 0.0209 e. The van der Waals surface area contributed by atoms with Gasteiger partial charge in [-0.3, -0.25) is 0 Å². The van der Waals surface area contributed by atoms with Crippen molar-refractivity contribution in [2.45, 2.75) is 24.9 Å². The molecule has 0 amide bonds. The first kappa shape index (κ1) is 11.0. The molecule has 0 aromatic carbocycles. The predicted octanol–water partition coefficient (Wildman–Crippen LogP) is 0.230. The van der Waals surface area contributed by atoms with Crippen LogP contribution in [0.2, 0.25) is 0 Å². The average molecular weight is 185 g/mol. The zero-order valence-electron chi connectivity index (χ0n) is 9.38. The van der Waals surface area contributed by atoms with Gasteiger partial charge in [-0.15, -0.1) is 0 Å². The van der Waals surface area contributed by atoms with Crippen LogP contribution in [0.25, 0.3) is 0 Å². The third-order valence-corrected chi connectivity index (χ3v) is 2.78. The molecule has 1 heterocycles. The van der Waals surface area contributed by atoms with Gasteiger partial charge in [0.25, 0.3) is 0 Å². The van der Waals surface area contributed by atoms with E-state index in [9.17, 15) is 0 Å². The first-order valence-electron chi connectivity index (χ1n) is 5.14. The van der Waals surface area contributed by atoms with E-state index in [4.69, 9.17) is 0 Å². The quantitative estimate of drug-likeness (QED) is 0.679. The Hall–Kier alpha value is -0.120. The maximum atomic E-state index is 3.57. The summed E-state index contributed by atoms with van der Waals surface area (Å²) in [6.45, 7) is 2.33. The minimum Gasteiger partial charge on any atom is -0.313 e. The average Bonchev–Trinajstić information content (AvgIpc) is 2.03. The second-order valence-corrected chi connectivity index (χ2v) is 4.56. The van der Waals surface area contributed by atoms with E-state index in [1.165, 1.54) is 19.4 Å². The van der Waals surface area contributed by atoms with Crippen molar-refractivity contribution >= 4 is 0 Å². The molecule has 13 heavy (non-hydrogen) atoms. The van der Waals surface area contributed by atoms with Crippen LogP contribution in [-0.2, 0) is 0 Å². The minimum absolute atomic E-state index is 0.677.